The van der Waals surface area contributed by atoms with Gasteiger partial charge in [-0.1, -0.05) is 60.3 Å². The molecule has 0 saturated heterocycles. The monoisotopic (exact) mass is 410 g/mol. The van der Waals surface area contributed by atoms with E-state index in [0.717, 1.165) is 12.1 Å². The van der Waals surface area contributed by atoms with Crippen LogP contribution >= 0.6 is 46.4 Å². The van der Waals surface area contributed by atoms with Gasteiger partial charge in [0.15, 0.2) is 0 Å². The molecule has 0 amide bonds. The fourth-order valence-corrected chi connectivity index (χ4v) is 3.93. The average molecular weight is 412 g/mol. The largest absolute Gasteiger partial charge is 0.298 e. The Hall–Kier alpha value is -0.870. The normalized spacial score (nSPS) is 13.7. The number of benzene rings is 2. The maximum atomic E-state index is 13.7. The van der Waals surface area contributed by atoms with E-state index in [1.165, 1.54) is 12.1 Å². The number of rotatable bonds is 4. The van der Waals surface area contributed by atoms with Crippen molar-refractivity contribution in [2.24, 2.45) is 0 Å². The Morgan fingerprint density at radius 2 is 1.12 bits per heavy atom. The number of ketones is 1. The van der Waals surface area contributed by atoms with Crippen LogP contribution < -0.4 is 0 Å². The number of halogens is 6. The summed E-state index contributed by atoms with van der Waals surface area (Å²) >= 11 is 24.0. The van der Waals surface area contributed by atoms with E-state index in [0.29, 0.717) is 0 Å². The maximum Gasteiger partial charge on any atom is 0.147 e. The fourth-order valence-electron chi connectivity index (χ4n) is 2.54. The second-order valence-corrected chi connectivity index (χ2v) is 6.93. The van der Waals surface area contributed by atoms with E-state index < -0.39 is 23.5 Å². The van der Waals surface area contributed by atoms with Crippen molar-refractivity contribution < 1.29 is 13.6 Å². The molecule has 0 heterocycles. The molecule has 2 aromatic carbocycles. The van der Waals surface area contributed by atoms with E-state index in [9.17, 15) is 13.6 Å². The topological polar surface area (TPSA) is 17.1 Å². The number of hydrogen-bond donors (Lipinski definition) is 0. The van der Waals surface area contributed by atoms with Gasteiger partial charge in [0.25, 0.3) is 0 Å². The summed E-state index contributed by atoms with van der Waals surface area (Å²) < 4.78 is 27.4. The van der Waals surface area contributed by atoms with Crippen molar-refractivity contribution in [1.82, 2.24) is 0 Å². The molecule has 0 aliphatic rings. The third kappa shape index (κ3) is 3.55. The zero-order valence-electron chi connectivity index (χ0n) is 12.6. The zero-order valence-corrected chi connectivity index (χ0v) is 15.7. The Morgan fingerprint density at radius 3 is 1.46 bits per heavy atom. The lowest BCUT2D eigenvalue weighted by molar-refractivity contribution is -0.121. The highest BCUT2D eigenvalue weighted by atomic mass is 35.5. The molecule has 0 saturated carbocycles. The molecule has 24 heavy (non-hydrogen) atoms. The molecule has 0 radical (unpaired) electrons. The second-order valence-electron chi connectivity index (χ2n) is 5.36. The summed E-state index contributed by atoms with van der Waals surface area (Å²) in [7, 11) is 0. The van der Waals surface area contributed by atoms with Crippen LogP contribution in [0.2, 0.25) is 20.1 Å². The number of hydrogen-bond acceptors (Lipinski definition) is 1. The van der Waals surface area contributed by atoms with Crippen molar-refractivity contribution >= 4 is 52.2 Å². The molecule has 7 heteroatoms. The molecule has 2 rings (SSSR count). The minimum Gasteiger partial charge on any atom is -0.298 e. The summed E-state index contributed by atoms with van der Waals surface area (Å²) in [5, 5.41) is -0.0873. The predicted octanol–water partition coefficient (Wildman–Crippen LogP) is 7.05. The van der Waals surface area contributed by atoms with E-state index in [1.54, 1.807) is 13.8 Å². The summed E-state index contributed by atoms with van der Waals surface area (Å²) in [4.78, 5) is 12.8. The minimum atomic E-state index is -0.828. The SMILES string of the molecule is CC(C(=O)C(C)c1c(Cl)ccc(F)c1Cl)c1c(Cl)ccc(F)c1Cl. The highest BCUT2D eigenvalue weighted by Crippen LogP contribution is 2.40. The van der Waals surface area contributed by atoms with Gasteiger partial charge in [-0.3, -0.25) is 4.79 Å². The molecular weight excluding hydrogens is 400 g/mol. The molecule has 128 valence electrons. The van der Waals surface area contributed by atoms with Gasteiger partial charge in [0.05, 0.1) is 10.0 Å². The maximum absolute atomic E-state index is 13.7. The van der Waals surface area contributed by atoms with Crippen molar-refractivity contribution in [3.63, 3.8) is 0 Å². The number of carbonyl (C=O) groups excluding carboxylic acids is 1. The van der Waals surface area contributed by atoms with E-state index in [-0.39, 0.29) is 37.0 Å². The Bertz CT molecular complexity index is 742. The first-order valence-corrected chi connectivity index (χ1v) is 8.48. The van der Waals surface area contributed by atoms with Crippen molar-refractivity contribution in [1.29, 1.82) is 0 Å². The van der Waals surface area contributed by atoms with Crippen LogP contribution in [-0.2, 0) is 4.79 Å². The predicted molar refractivity (Wildman–Crippen MR) is 94.7 cm³/mol. The lowest BCUT2D eigenvalue weighted by Crippen LogP contribution is -2.18. The van der Waals surface area contributed by atoms with E-state index in [4.69, 9.17) is 46.4 Å². The molecule has 2 aromatic rings. The van der Waals surface area contributed by atoms with Gasteiger partial charge in [-0.2, -0.15) is 0 Å². The summed E-state index contributed by atoms with van der Waals surface area (Å²) in [5.41, 5.74) is 0.359. The quantitative estimate of drug-likeness (QED) is 0.492. The van der Waals surface area contributed by atoms with Crippen LogP contribution in [-0.4, -0.2) is 5.78 Å². The number of Topliss-reactive ketones (excluding diaryl/α,β-unsaturated/α-hetero) is 1. The molecule has 0 aliphatic heterocycles. The van der Waals surface area contributed by atoms with Crippen LogP contribution in [0.3, 0.4) is 0 Å². The second kappa shape index (κ2) is 7.57. The molecule has 0 fully saturated rings. The first-order chi connectivity index (χ1) is 11.2. The number of carbonyl (C=O) groups is 1. The van der Waals surface area contributed by atoms with Gasteiger partial charge in [-0.25, -0.2) is 8.78 Å². The molecular formula is C17H12Cl4F2O. The van der Waals surface area contributed by atoms with Gasteiger partial charge in [0.1, 0.15) is 17.4 Å². The van der Waals surface area contributed by atoms with E-state index in [2.05, 4.69) is 0 Å². The van der Waals surface area contributed by atoms with Crippen molar-refractivity contribution in [2.75, 3.05) is 0 Å². The molecule has 0 aliphatic carbocycles. The van der Waals surface area contributed by atoms with E-state index in [1.807, 2.05) is 0 Å². The van der Waals surface area contributed by atoms with Crippen LogP contribution in [0, 0.1) is 11.6 Å². The lowest BCUT2D eigenvalue weighted by Gasteiger charge is -2.21. The van der Waals surface area contributed by atoms with Crippen molar-refractivity contribution in [3.8, 4) is 0 Å². The van der Waals surface area contributed by atoms with Crippen LogP contribution in [0.4, 0.5) is 8.78 Å². The van der Waals surface area contributed by atoms with Gasteiger partial charge in [-0.05, 0) is 24.3 Å². The molecule has 2 unspecified atom stereocenters. The summed E-state index contributed by atoms with van der Waals surface area (Å²) in [6, 6.07) is 4.90. The van der Waals surface area contributed by atoms with Gasteiger partial charge >= 0.3 is 0 Å². The summed E-state index contributed by atoms with van der Waals surface area (Å²) in [6.07, 6.45) is 0. The standard InChI is InChI=1S/C17H12Cl4F2O/c1-7(13-9(18)3-5-11(22)15(13)20)17(24)8(2)14-10(19)4-6-12(23)16(14)21/h3-8H,1-2H3. The molecule has 0 N–H and O–H groups in total. The minimum absolute atomic E-state index is 0.172. The third-order valence-corrected chi connectivity index (χ3v) is 5.31. The molecule has 0 spiro atoms. The summed E-state index contributed by atoms with van der Waals surface area (Å²) in [5.74, 6) is -3.37. The Morgan fingerprint density at radius 1 is 0.792 bits per heavy atom. The van der Waals surface area contributed by atoms with Gasteiger partial charge < -0.3 is 0 Å². The van der Waals surface area contributed by atoms with E-state index >= 15 is 0 Å². The Labute approximate surface area is 158 Å². The van der Waals surface area contributed by atoms with Crippen LogP contribution in [0.5, 0.6) is 0 Å². The fraction of sp³-hybridized carbons (Fsp3) is 0.235. The first kappa shape index (κ1) is 19.5. The molecule has 0 bridgehead atoms. The van der Waals surface area contributed by atoms with Crippen LogP contribution in [0.15, 0.2) is 24.3 Å². The van der Waals surface area contributed by atoms with Crippen LogP contribution in [0.25, 0.3) is 0 Å². The van der Waals surface area contributed by atoms with Gasteiger partial charge in [-0.15, -0.1) is 0 Å². The van der Waals surface area contributed by atoms with Crippen LogP contribution in [0.1, 0.15) is 36.8 Å². The molecule has 0 aromatic heterocycles. The third-order valence-electron chi connectivity index (χ3n) is 3.88. The highest BCUT2D eigenvalue weighted by Gasteiger charge is 2.30. The zero-order chi connectivity index (χ0) is 18.2. The summed E-state index contributed by atoms with van der Waals surface area (Å²) in [6.45, 7) is 3.10. The van der Waals surface area contributed by atoms with Gasteiger partial charge in [0.2, 0.25) is 0 Å². The first-order valence-electron chi connectivity index (χ1n) is 6.97. The molecule has 2 atom stereocenters. The van der Waals surface area contributed by atoms with Crippen molar-refractivity contribution in [3.05, 3.63) is 67.1 Å². The molecule has 1 nitrogen and oxygen atoms in total. The lowest BCUT2D eigenvalue weighted by atomic mass is 9.85. The Balaban J connectivity index is 2.46. The average Bonchev–Trinajstić information content (AvgIpc) is 2.54. The van der Waals surface area contributed by atoms with Gasteiger partial charge in [0, 0.05) is 33.0 Å². The smallest absolute Gasteiger partial charge is 0.147 e. The highest BCUT2D eigenvalue weighted by molar-refractivity contribution is 6.37. The van der Waals surface area contributed by atoms with Crippen molar-refractivity contribution in [2.45, 2.75) is 25.7 Å². The Kier molecular flexibility index (Phi) is 6.14.